The van der Waals surface area contributed by atoms with Crippen LogP contribution in [0.2, 0.25) is 0 Å². The minimum Gasteiger partial charge on any atom is -0.465 e. The van der Waals surface area contributed by atoms with Crippen molar-refractivity contribution in [3.8, 4) is 0 Å². The molecule has 2 aliphatic rings. The molecule has 7 nitrogen and oxygen atoms in total. The zero-order valence-electron chi connectivity index (χ0n) is 19.5. The molecule has 2 amide bonds. The molecule has 0 spiro atoms. The summed E-state index contributed by atoms with van der Waals surface area (Å²) in [6, 6.07) is 11.4. The third-order valence-electron chi connectivity index (χ3n) is 6.30. The van der Waals surface area contributed by atoms with Crippen molar-refractivity contribution in [2.45, 2.75) is 35.8 Å². The van der Waals surface area contributed by atoms with Gasteiger partial charge < -0.3 is 4.74 Å². The number of fused-ring (bicyclic) bond motifs is 2. The number of amides is 2. The zero-order chi connectivity index (χ0) is 27.4. The van der Waals surface area contributed by atoms with E-state index in [-0.39, 0.29) is 6.61 Å². The van der Waals surface area contributed by atoms with Crippen molar-refractivity contribution in [3.63, 3.8) is 0 Å². The first-order valence-corrected chi connectivity index (χ1v) is 13.9. The molecule has 38 heavy (non-hydrogen) atoms. The van der Waals surface area contributed by atoms with Crippen LogP contribution in [0.15, 0.2) is 62.8 Å². The van der Waals surface area contributed by atoms with Crippen LogP contribution in [0.25, 0.3) is 0 Å². The van der Waals surface area contributed by atoms with Gasteiger partial charge in [-0.1, -0.05) is 63.3 Å². The Bertz CT molecular complexity index is 1520. The molecule has 13 heteroatoms. The van der Waals surface area contributed by atoms with Crippen LogP contribution in [0.1, 0.15) is 28.8 Å². The number of benzene rings is 2. The molecule has 0 aliphatic carbocycles. The number of thiazole rings is 1. The van der Waals surface area contributed by atoms with Crippen molar-refractivity contribution >= 4 is 62.5 Å². The maximum absolute atomic E-state index is 13.8. The fourth-order valence-corrected chi connectivity index (χ4v) is 7.99. The van der Waals surface area contributed by atoms with E-state index in [1.54, 1.807) is 31.2 Å². The second-order valence-corrected chi connectivity index (χ2v) is 11.6. The standard InChI is InChI=1S/C25H18BrF3N2O5S2/c1-2-36-16(32)11-30-23-20(38-24(30)35)17(12-6-5-7-13(26)10-12)18-19(37-23)22(34)31(21(18)33)15-9-4-3-8-14(15)25(27,28)29/h3-10,17-19H,2,11H2,1H3/t17-,18?,19?/m1/s1. The number of carbonyl (C=O) groups excluding carboxylic acids is 3. The lowest BCUT2D eigenvalue weighted by Gasteiger charge is -2.30. The summed E-state index contributed by atoms with van der Waals surface area (Å²) in [6.07, 6.45) is -4.79. The van der Waals surface area contributed by atoms with Crippen molar-refractivity contribution < 1.29 is 32.3 Å². The summed E-state index contributed by atoms with van der Waals surface area (Å²) in [5.41, 5.74) is -1.03. The number of alkyl halides is 3. The van der Waals surface area contributed by atoms with Gasteiger partial charge in [0.1, 0.15) is 11.8 Å². The van der Waals surface area contributed by atoms with E-state index in [1.807, 2.05) is 0 Å². The fourth-order valence-electron chi connectivity index (χ4n) is 4.80. The Kier molecular flexibility index (Phi) is 7.03. The number of hydrogen-bond donors (Lipinski definition) is 0. The van der Waals surface area contributed by atoms with Crippen molar-refractivity contribution in [1.29, 1.82) is 0 Å². The number of hydrogen-bond acceptors (Lipinski definition) is 7. The van der Waals surface area contributed by atoms with Gasteiger partial charge in [-0.05, 0) is 36.8 Å². The van der Waals surface area contributed by atoms with Gasteiger partial charge in [0.05, 0.1) is 28.8 Å². The van der Waals surface area contributed by atoms with Crippen LogP contribution in [0.5, 0.6) is 0 Å². The molecule has 1 fully saturated rings. The number of thioether (sulfide) groups is 1. The first-order valence-electron chi connectivity index (χ1n) is 11.4. The highest BCUT2D eigenvalue weighted by Crippen LogP contribution is 2.54. The van der Waals surface area contributed by atoms with E-state index in [9.17, 15) is 32.3 Å². The quantitative estimate of drug-likeness (QED) is 0.291. The van der Waals surface area contributed by atoms with E-state index in [4.69, 9.17) is 4.74 Å². The first-order chi connectivity index (χ1) is 18.0. The highest BCUT2D eigenvalue weighted by atomic mass is 79.9. The van der Waals surface area contributed by atoms with E-state index in [2.05, 4.69) is 15.9 Å². The second kappa shape index (κ2) is 10.0. The molecular formula is C25H18BrF3N2O5S2. The summed E-state index contributed by atoms with van der Waals surface area (Å²) < 4.78 is 48.3. The maximum Gasteiger partial charge on any atom is 0.418 e. The number of anilines is 1. The van der Waals surface area contributed by atoms with Gasteiger partial charge in [0, 0.05) is 15.3 Å². The predicted octanol–water partition coefficient (Wildman–Crippen LogP) is 5.05. The lowest BCUT2D eigenvalue weighted by molar-refractivity contribution is -0.144. The number of esters is 1. The molecule has 0 bridgehead atoms. The number of carbonyl (C=O) groups is 3. The highest BCUT2D eigenvalue weighted by molar-refractivity contribution is 9.10. The average molecular weight is 627 g/mol. The third-order valence-corrected chi connectivity index (χ3v) is 9.40. The zero-order valence-corrected chi connectivity index (χ0v) is 22.7. The number of halogens is 4. The number of para-hydroxylation sites is 1. The molecular weight excluding hydrogens is 609 g/mol. The summed E-state index contributed by atoms with van der Waals surface area (Å²) in [6.45, 7) is 1.35. The molecule has 2 aliphatic heterocycles. The molecule has 1 aromatic heterocycles. The van der Waals surface area contributed by atoms with Crippen LogP contribution in [0.4, 0.5) is 18.9 Å². The lowest BCUT2D eigenvalue weighted by Crippen LogP contribution is -2.33. The van der Waals surface area contributed by atoms with Crippen LogP contribution < -0.4 is 9.77 Å². The molecule has 2 aromatic carbocycles. The Morgan fingerprint density at radius 1 is 1.08 bits per heavy atom. The second-order valence-electron chi connectivity index (χ2n) is 8.55. The molecule has 3 heterocycles. The van der Waals surface area contributed by atoms with Crippen LogP contribution in [0, 0.1) is 5.92 Å². The number of aromatic nitrogens is 1. The minimum absolute atomic E-state index is 0.110. The maximum atomic E-state index is 13.8. The Morgan fingerprint density at radius 3 is 2.50 bits per heavy atom. The highest BCUT2D eigenvalue weighted by Gasteiger charge is 2.57. The fraction of sp³-hybridized carbons (Fsp3) is 0.280. The number of nitrogens with zero attached hydrogens (tertiary/aromatic N) is 2. The molecule has 0 N–H and O–H groups in total. The van der Waals surface area contributed by atoms with Gasteiger partial charge >= 0.3 is 17.0 Å². The molecule has 5 rings (SSSR count). The third kappa shape index (κ3) is 4.50. The lowest BCUT2D eigenvalue weighted by atomic mass is 9.83. The van der Waals surface area contributed by atoms with Crippen molar-refractivity contribution in [3.05, 3.63) is 78.7 Å². The Labute approximate surface area is 230 Å². The van der Waals surface area contributed by atoms with Crippen LogP contribution in [-0.2, 0) is 31.8 Å². The Hall–Kier alpha value is -2.90. The molecule has 2 unspecified atom stereocenters. The normalized spacial score (nSPS) is 20.9. The minimum atomic E-state index is -4.79. The summed E-state index contributed by atoms with van der Waals surface area (Å²) in [5, 5.41) is -0.783. The van der Waals surface area contributed by atoms with Crippen LogP contribution in [-0.4, -0.2) is 34.2 Å². The van der Waals surface area contributed by atoms with Gasteiger partial charge in [-0.15, -0.1) is 0 Å². The number of rotatable bonds is 5. The van der Waals surface area contributed by atoms with Crippen LogP contribution in [0.3, 0.4) is 0 Å². The van der Waals surface area contributed by atoms with Crippen molar-refractivity contribution in [2.24, 2.45) is 5.92 Å². The molecule has 0 radical (unpaired) electrons. The van der Waals surface area contributed by atoms with Gasteiger partial charge in [-0.3, -0.25) is 23.7 Å². The van der Waals surface area contributed by atoms with Crippen molar-refractivity contribution in [1.82, 2.24) is 4.57 Å². The van der Waals surface area contributed by atoms with E-state index in [0.717, 1.165) is 35.2 Å². The molecule has 198 valence electrons. The Balaban J connectivity index is 1.67. The predicted molar refractivity (Wildman–Crippen MR) is 138 cm³/mol. The van der Waals surface area contributed by atoms with Crippen molar-refractivity contribution in [2.75, 3.05) is 11.5 Å². The molecule has 1 saturated heterocycles. The van der Waals surface area contributed by atoms with Gasteiger partial charge in [-0.25, -0.2) is 4.90 Å². The summed E-state index contributed by atoms with van der Waals surface area (Å²) in [5.74, 6) is -4.10. The summed E-state index contributed by atoms with van der Waals surface area (Å²) in [7, 11) is 0. The summed E-state index contributed by atoms with van der Waals surface area (Å²) in [4.78, 5) is 53.3. The largest absolute Gasteiger partial charge is 0.465 e. The van der Waals surface area contributed by atoms with Gasteiger partial charge in [0.25, 0.3) is 0 Å². The van der Waals surface area contributed by atoms with Crippen LogP contribution >= 0.6 is 39.0 Å². The first kappa shape index (κ1) is 26.7. The van der Waals surface area contributed by atoms with E-state index < -0.39 is 63.7 Å². The van der Waals surface area contributed by atoms with Gasteiger partial charge in [-0.2, -0.15) is 13.2 Å². The average Bonchev–Trinajstić information content (AvgIpc) is 3.29. The monoisotopic (exact) mass is 626 g/mol. The van der Waals surface area contributed by atoms with E-state index in [1.165, 1.54) is 16.7 Å². The molecule has 3 aromatic rings. The number of ether oxygens (including phenoxy) is 1. The smallest absolute Gasteiger partial charge is 0.418 e. The number of imide groups is 1. The SMILES string of the molecule is CCOC(=O)Cn1c2c(sc1=O)[C@H](c1cccc(Br)c1)C1C(=O)N(c3ccccc3C(F)(F)F)C(=O)C1S2. The van der Waals surface area contributed by atoms with E-state index in [0.29, 0.717) is 24.8 Å². The molecule has 3 atom stereocenters. The molecule has 0 saturated carbocycles. The Morgan fingerprint density at radius 2 is 1.82 bits per heavy atom. The summed E-state index contributed by atoms with van der Waals surface area (Å²) >= 11 is 5.17. The topological polar surface area (TPSA) is 85.7 Å². The van der Waals surface area contributed by atoms with Gasteiger partial charge in [0.15, 0.2) is 0 Å². The van der Waals surface area contributed by atoms with Gasteiger partial charge in [0.2, 0.25) is 11.8 Å². The van der Waals surface area contributed by atoms with E-state index >= 15 is 0 Å².